The quantitative estimate of drug-likeness (QED) is 0.865. The lowest BCUT2D eigenvalue weighted by atomic mass is 10.2. The van der Waals surface area contributed by atoms with Gasteiger partial charge in [0.1, 0.15) is 12.4 Å². The van der Waals surface area contributed by atoms with Crippen LogP contribution in [-0.2, 0) is 6.61 Å². The summed E-state index contributed by atoms with van der Waals surface area (Å²) in [6, 6.07) is 10.2. The SMILES string of the molecule is C/C=C/c1ccccc1OCc1csc(C(=O)NC2CC2)c1. The van der Waals surface area contributed by atoms with Crippen LogP contribution in [-0.4, -0.2) is 11.9 Å². The second-order valence-corrected chi connectivity index (χ2v) is 6.30. The van der Waals surface area contributed by atoms with Gasteiger partial charge in [-0.1, -0.05) is 30.4 Å². The number of carbonyl (C=O) groups excluding carboxylic acids is 1. The van der Waals surface area contributed by atoms with E-state index in [2.05, 4.69) is 5.32 Å². The Morgan fingerprint density at radius 3 is 3.00 bits per heavy atom. The molecule has 1 saturated carbocycles. The Morgan fingerprint density at radius 1 is 1.41 bits per heavy atom. The van der Waals surface area contributed by atoms with Gasteiger partial charge in [0, 0.05) is 17.2 Å². The van der Waals surface area contributed by atoms with Gasteiger partial charge in [0.05, 0.1) is 4.88 Å². The first kappa shape index (κ1) is 14.9. The number of amides is 1. The van der Waals surface area contributed by atoms with Gasteiger partial charge in [-0.3, -0.25) is 4.79 Å². The van der Waals surface area contributed by atoms with Gasteiger partial charge in [-0.15, -0.1) is 11.3 Å². The molecule has 22 heavy (non-hydrogen) atoms. The first-order valence-electron chi connectivity index (χ1n) is 7.49. The molecular weight excluding hydrogens is 294 g/mol. The van der Waals surface area contributed by atoms with Gasteiger partial charge >= 0.3 is 0 Å². The fourth-order valence-electron chi connectivity index (χ4n) is 2.14. The molecule has 114 valence electrons. The Labute approximate surface area is 134 Å². The number of ether oxygens (including phenoxy) is 1. The lowest BCUT2D eigenvalue weighted by Crippen LogP contribution is -2.24. The van der Waals surface area contributed by atoms with Crippen LogP contribution in [0.3, 0.4) is 0 Å². The Kier molecular flexibility index (Phi) is 4.59. The van der Waals surface area contributed by atoms with Crippen LogP contribution < -0.4 is 10.1 Å². The molecule has 1 aromatic carbocycles. The van der Waals surface area contributed by atoms with Crippen molar-refractivity contribution in [2.75, 3.05) is 0 Å². The zero-order chi connectivity index (χ0) is 15.4. The standard InChI is InChI=1S/C18H19NO2S/c1-2-5-14-6-3-4-7-16(14)21-11-13-10-17(22-12-13)18(20)19-15-8-9-15/h2-7,10,12,15H,8-9,11H2,1H3,(H,19,20)/b5-2+. The molecule has 1 fully saturated rings. The highest BCUT2D eigenvalue weighted by Gasteiger charge is 2.24. The van der Waals surface area contributed by atoms with Crippen LogP contribution in [0, 0.1) is 0 Å². The smallest absolute Gasteiger partial charge is 0.261 e. The van der Waals surface area contributed by atoms with E-state index in [1.165, 1.54) is 11.3 Å². The van der Waals surface area contributed by atoms with Gasteiger partial charge in [-0.25, -0.2) is 0 Å². The third-order valence-corrected chi connectivity index (χ3v) is 4.43. The zero-order valence-electron chi connectivity index (χ0n) is 12.5. The van der Waals surface area contributed by atoms with Crippen LogP contribution in [0.15, 0.2) is 41.8 Å². The van der Waals surface area contributed by atoms with Crippen molar-refractivity contribution in [3.63, 3.8) is 0 Å². The number of carbonyl (C=O) groups is 1. The summed E-state index contributed by atoms with van der Waals surface area (Å²) < 4.78 is 5.89. The van der Waals surface area contributed by atoms with Gasteiger partial charge in [0.2, 0.25) is 0 Å². The summed E-state index contributed by atoms with van der Waals surface area (Å²) in [4.78, 5) is 12.7. The van der Waals surface area contributed by atoms with E-state index >= 15 is 0 Å². The van der Waals surface area contributed by atoms with Crippen molar-refractivity contribution in [3.05, 3.63) is 57.8 Å². The zero-order valence-corrected chi connectivity index (χ0v) is 13.4. The summed E-state index contributed by atoms with van der Waals surface area (Å²) in [6.07, 6.45) is 6.23. The molecule has 1 amide bonds. The third kappa shape index (κ3) is 3.77. The molecule has 0 radical (unpaired) electrons. The third-order valence-electron chi connectivity index (χ3n) is 3.45. The van der Waals surface area contributed by atoms with Crippen molar-refractivity contribution in [1.29, 1.82) is 0 Å². The predicted octanol–water partition coefficient (Wildman–Crippen LogP) is 4.25. The van der Waals surface area contributed by atoms with E-state index in [0.717, 1.165) is 34.6 Å². The van der Waals surface area contributed by atoms with E-state index in [1.54, 1.807) is 0 Å². The maximum atomic E-state index is 12.0. The molecule has 0 atom stereocenters. The van der Waals surface area contributed by atoms with E-state index < -0.39 is 0 Å². The molecule has 0 spiro atoms. The van der Waals surface area contributed by atoms with Crippen LogP contribution >= 0.6 is 11.3 Å². The second kappa shape index (κ2) is 6.79. The van der Waals surface area contributed by atoms with Crippen LogP contribution in [0.25, 0.3) is 6.08 Å². The molecule has 0 saturated heterocycles. The van der Waals surface area contributed by atoms with Gasteiger partial charge in [0.15, 0.2) is 0 Å². The average molecular weight is 313 g/mol. The summed E-state index contributed by atoms with van der Waals surface area (Å²) >= 11 is 1.47. The molecular formula is C18H19NO2S. The highest BCUT2D eigenvalue weighted by Crippen LogP contribution is 2.23. The van der Waals surface area contributed by atoms with Gasteiger partial charge in [0.25, 0.3) is 5.91 Å². The van der Waals surface area contributed by atoms with Crippen molar-refractivity contribution < 1.29 is 9.53 Å². The number of para-hydroxylation sites is 1. The van der Waals surface area contributed by atoms with E-state index in [0.29, 0.717) is 12.6 Å². The lowest BCUT2D eigenvalue weighted by molar-refractivity contribution is 0.0955. The summed E-state index contributed by atoms with van der Waals surface area (Å²) in [7, 11) is 0. The number of thiophene rings is 1. The lowest BCUT2D eigenvalue weighted by Gasteiger charge is -2.08. The van der Waals surface area contributed by atoms with E-state index in [4.69, 9.17) is 4.74 Å². The van der Waals surface area contributed by atoms with Gasteiger partial charge < -0.3 is 10.1 Å². The predicted molar refractivity (Wildman–Crippen MR) is 90.3 cm³/mol. The Balaban J connectivity index is 1.62. The minimum Gasteiger partial charge on any atom is -0.488 e. The normalized spacial score (nSPS) is 14.2. The number of nitrogens with one attached hydrogen (secondary N) is 1. The Hall–Kier alpha value is -2.07. The molecule has 4 heteroatoms. The van der Waals surface area contributed by atoms with Crippen molar-refractivity contribution in [3.8, 4) is 5.75 Å². The highest BCUT2D eigenvalue weighted by atomic mass is 32.1. The average Bonchev–Trinajstić information content (AvgIpc) is 3.21. The van der Waals surface area contributed by atoms with E-state index in [1.807, 2.05) is 54.8 Å². The van der Waals surface area contributed by atoms with Crippen LogP contribution in [0.2, 0.25) is 0 Å². The number of benzene rings is 1. The largest absolute Gasteiger partial charge is 0.488 e. The molecule has 1 aromatic heterocycles. The molecule has 3 rings (SSSR count). The minimum absolute atomic E-state index is 0.0352. The molecule has 1 heterocycles. The van der Waals surface area contributed by atoms with Crippen molar-refractivity contribution in [1.82, 2.24) is 5.32 Å². The number of rotatable bonds is 6. The Morgan fingerprint density at radius 2 is 2.23 bits per heavy atom. The monoisotopic (exact) mass is 313 g/mol. The minimum atomic E-state index is 0.0352. The number of hydrogen-bond acceptors (Lipinski definition) is 3. The Bertz CT molecular complexity index is 686. The van der Waals surface area contributed by atoms with Gasteiger partial charge in [-0.05, 0) is 37.3 Å². The second-order valence-electron chi connectivity index (χ2n) is 5.39. The summed E-state index contributed by atoms with van der Waals surface area (Å²) in [5.41, 5.74) is 2.09. The van der Waals surface area contributed by atoms with Crippen LogP contribution in [0.1, 0.15) is 40.6 Å². The topological polar surface area (TPSA) is 38.3 Å². The molecule has 0 bridgehead atoms. The molecule has 0 aliphatic heterocycles. The molecule has 1 aliphatic carbocycles. The molecule has 1 N–H and O–H groups in total. The fraction of sp³-hybridized carbons (Fsp3) is 0.278. The molecule has 3 nitrogen and oxygen atoms in total. The van der Waals surface area contributed by atoms with Crippen molar-refractivity contribution in [2.45, 2.75) is 32.4 Å². The van der Waals surface area contributed by atoms with Crippen LogP contribution in [0.4, 0.5) is 0 Å². The highest BCUT2D eigenvalue weighted by molar-refractivity contribution is 7.12. The summed E-state index contributed by atoms with van der Waals surface area (Å²) in [5.74, 6) is 0.892. The molecule has 1 aliphatic rings. The molecule has 2 aromatic rings. The van der Waals surface area contributed by atoms with Crippen molar-refractivity contribution >= 4 is 23.3 Å². The number of allylic oxidation sites excluding steroid dienone is 1. The van der Waals surface area contributed by atoms with E-state index in [9.17, 15) is 4.79 Å². The maximum absolute atomic E-state index is 12.0. The summed E-state index contributed by atoms with van der Waals surface area (Å²) in [5, 5.41) is 4.99. The van der Waals surface area contributed by atoms with Gasteiger partial charge in [-0.2, -0.15) is 0 Å². The fourth-order valence-corrected chi connectivity index (χ4v) is 2.94. The maximum Gasteiger partial charge on any atom is 0.261 e. The van der Waals surface area contributed by atoms with E-state index in [-0.39, 0.29) is 5.91 Å². The van der Waals surface area contributed by atoms with Crippen LogP contribution in [0.5, 0.6) is 5.75 Å². The first-order valence-corrected chi connectivity index (χ1v) is 8.37. The summed E-state index contributed by atoms with van der Waals surface area (Å²) in [6.45, 7) is 2.46. The first-order chi connectivity index (χ1) is 10.8. The molecule has 0 unspecified atom stereocenters. The van der Waals surface area contributed by atoms with Crippen molar-refractivity contribution in [2.24, 2.45) is 0 Å². The number of hydrogen-bond donors (Lipinski definition) is 1.